The zero-order chi connectivity index (χ0) is 13.1. The van der Waals surface area contributed by atoms with Gasteiger partial charge < -0.3 is 5.11 Å². The van der Waals surface area contributed by atoms with Crippen molar-refractivity contribution in [3.8, 4) is 0 Å². The average Bonchev–Trinajstić information content (AvgIpc) is 2.69. The van der Waals surface area contributed by atoms with Gasteiger partial charge in [-0.15, -0.1) is 0 Å². The number of aryl methyl sites for hydroxylation is 1. The SMILES string of the molecule is CCN(CC)C1CCCCn2nc(C(=O)O)cc21. The van der Waals surface area contributed by atoms with Crippen molar-refractivity contribution < 1.29 is 9.90 Å². The lowest BCUT2D eigenvalue weighted by molar-refractivity contribution is 0.0689. The van der Waals surface area contributed by atoms with Crippen molar-refractivity contribution in [1.82, 2.24) is 14.7 Å². The lowest BCUT2D eigenvalue weighted by Crippen LogP contribution is -2.29. The van der Waals surface area contributed by atoms with Crippen LogP contribution in [0.25, 0.3) is 0 Å². The van der Waals surface area contributed by atoms with Gasteiger partial charge in [0.25, 0.3) is 0 Å². The maximum atomic E-state index is 11.0. The Bertz CT molecular complexity index is 424. The lowest BCUT2D eigenvalue weighted by Gasteiger charge is -2.28. The molecule has 0 amide bonds. The van der Waals surface area contributed by atoms with Gasteiger partial charge in [-0.2, -0.15) is 5.10 Å². The molecular weight excluding hydrogens is 230 g/mol. The minimum absolute atomic E-state index is 0.170. The van der Waals surface area contributed by atoms with Crippen molar-refractivity contribution in [2.24, 2.45) is 0 Å². The van der Waals surface area contributed by atoms with Crippen LogP contribution in [-0.4, -0.2) is 38.8 Å². The highest BCUT2D eigenvalue weighted by Gasteiger charge is 2.26. The van der Waals surface area contributed by atoms with E-state index in [0.29, 0.717) is 6.04 Å². The van der Waals surface area contributed by atoms with E-state index in [-0.39, 0.29) is 5.69 Å². The van der Waals surface area contributed by atoms with Crippen LogP contribution in [0.1, 0.15) is 55.3 Å². The number of aromatic nitrogens is 2. The first-order valence-corrected chi connectivity index (χ1v) is 6.72. The van der Waals surface area contributed by atoms with Gasteiger partial charge in [0.05, 0.1) is 11.7 Å². The van der Waals surface area contributed by atoms with Crippen LogP contribution in [0.5, 0.6) is 0 Å². The number of nitrogens with zero attached hydrogens (tertiary/aromatic N) is 3. The maximum absolute atomic E-state index is 11.0. The largest absolute Gasteiger partial charge is 0.476 e. The molecule has 0 aromatic carbocycles. The number of carboxylic acid groups (broad SMARTS) is 1. The molecule has 1 aromatic heterocycles. The Morgan fingerprint density at radius 2 is 2.22 bits per heavy atom. The Morgan fingerprint density at radius 3 is 2.83 bits per heavy atom. The fourth-order valence-corrected chi connectivity index (χ4v) is 2.76. The van der Waals surface area contributed by atoms with E-state index in [1.165, 1.54) is 6.42 Å². The standard InChI is InChI=1S/C13H21N3O2/c1-3-15(4-2)11-7-5-6-8-16-12(11)9-10(14-16)13(17)18/h9,11H,3-8H2,1-2H3,(H,17,18). The molecule has 0 spiro atoms. The summed E-state index contributed by atoms with van der Waals surface area (Å²) in [6, 6.07) is 2.06. The van der Waals surface area contributed by atoms with Crippen LogP contribution in [0.2, 0.25) is 0 Å². The summed E-state index contributed by atoms with van der Waals surface area (Å²) in [5.74, 6) is -0.936. The number of carbonyl (C=O) groups is 1. The molecule has 2 heterocycles. The summed E-state index contributed by atoms with van der Waals surface area (Å²) in [7, 11) is 0. The molecular formula is C13H21N3O2. The highest BCUT2D eigenvalue weighted by molar-refractivity contribution is 5.85. The van der Waals surface area contributed by atoms with Gasteiger partial charge >= 0.3 is 5.97 Å². The molecule has 5 nitrogen and oxygen atoms in total. The summed E-state index contributed by atoms with van der Waals surface area (Å²) >= 11 is 0. The second-order valence-electron chi connectivity index (χ2n) is 4.72. The molecule has 5 heteroatoms. The Morgan fingerprint density at radius 1 is 1.50 bits per heavy atom. The van der Waals surface area contributed by atoms with Gasteiger partial charge in [0.1, 0.15) is 0 Å². The molecule has 0 radical (unpaired) electrons. The molecule has 1 unspecified atom stereocenters. The molecule has 0 bridgehead atoms. The van der Waals surface area contributed by atoms with E-state index in [1.54, 1.807) is 6.07 Å². The second kappa shape index (κ2) is 5.52. The average molecular weight is 251 g/mol. The number of hydrogen-bond donors (Lipinski definition) is 1. The van der Waals surface area contributed by atoms with Gasteiger partial charge in [0.15, 0.2) is 5.69 Å². The Kier molecular flexibility index (Phi) is 4.01. The van der Waals surface area contributed by atoms with Crippen molar-refractivity contribution in [1.29, 1.82) is 0 Å². The van der Waals surface area contributed by atoms with Gasteiger partial charge in [-0.25, -0.2) is 4.79 Å². The first-order valence-electron chi connectivity index (χ1n) is 6.72. The van der Waals surface area contributed by atoms with Crippen LogP contribution >= 0.6 is 0 Å². The van der Waals surface area contributed by atoms with E-state index in [4.69, 9.17) is 5.11 Å². The molecule has 0 saturated heterocycles. The monoisotopic (exact) mass is 251 g/mol. The minimum atomic E-state index is -0.936. The zero-order valence-electron chi connectivity index (χ0n) is 11.1. The topological polar surface area (TPSA) is 58.4 Å². The molecule has 1 N–H and O–H groups in total. The first-order chi connectivity index (χ1) is 8.67. The highest BCUT2D eigenvalue weighted by atomic mass is 16.4. The maximum Gasteiger partial charge on any atom is 0.356 e. The van der Waals surface area contributed by atoms with E-state index < -0.39 is 5.97 Å². The number of rotatable bonds is 4. The smallest absolute Gasteiger partial charge is 0.356 e. The van der Waals surface area contributed by atoms with E-state index >= 15 is 0 Å². The van der Waals surface area contributed by atoms with Crippen LogP contribution in [0.3, 0.4) is 0 Å². The molecule has 2 rings (SSSR count). The first kappa shape index (κ1) is 13.1. The van der Waals surface area contributed by atoms with Crippen molar-refractivity contribution in [3.63, 3.8) is 0 Å². The van der Waals surface area contributed by atoms with Crippen LogP contribution < -0.4 is 0 Å². The van der Waals surface area contributed by atoms with Crippen molar-refractivity contribution >= 4 is 5.97 Å². The fraction of sp³-hybridized carbons (Fsp3) is 0.692. The van der Waals surface area contributed by atoms with Crippen molar-refractivity contribution in [3.05, 3.63) is 17.5 Å². The summed E-state index contributed by atoms with van der Waals surface area (Å²) in [6.07, 6.45) is 3.34. The molecule has 1 aliphatic heterocycles. The summed E-state index contributed by atoms with van der Waals surface area (Å²) in [6.45, 7) is 7.09. The summed E-state index contributed by atoms with van der Waals surface area (Å²) in [5.41, 5.74) is 1.23. The number of aromatic carboxylic acids is 1. The number of hydrogen-bond acceptors (Lipinski definition) is 3. The highest BCUT2D eigenvalue weighted by Crippen LogP contribution is 2.30. The molecule has 0 fully saturated rings. The van der Waals surface area contributed by atoms with Gasteiger partial charge in [-0.05, 0) is 38.4 Å². The van der Waals surface area contributed by atoms with Crippen LogP contribution in [0.4, 0.5) is 0 Å². The van der Waals surface area contributed by atoms with Gasteiger partial charge in [0, 0.05) is 6.54 Å². The van der Waals surface area contributed by atoms with Crippen molar-refractivity contribution in [2.45, 2.75) is 45.7 Å². The van der Waals surface area contributed by atoms with E-state index in [0.717, 1.165) is 38.2 Å². The molecule has 0 aliphatic carbocycles. The number of carboxylic acids is 1. The molecule has 1 aliphatic rings. The Hall–Kier alpha value is -1.36. The predicted molar refractivity (Wildman–Crippen MR) is 68.7 cm³/mol. The molecule has 1 aromatic rings. The quantitative estimate of drug-likeness (QED) is 0.890. The van der Waals surface area contributed by atoms with E-state index in [2.05, 4.69) is 23.8 Å². The fourth-order valence-electron chi connectivity index (χ4n) is 2.76. The summed E-state index contributed by atoms with van der Waals surface area (Å²) in [5, 5.41) is 13.3. The molecule has 100 valence electrons. The van der Waals surface area contributed by atoms with E-state index in [9.17, 15) is 4.79 Å². The van der Waals surface area contributed by atoms with Gasteiger partial charge in [-0.1, -0.05) is 13.8 Å². The van der Waals surface area contributed by atoms with Crippen LogP contribution in [0.15, 0.2) is 6.07 Å². The molecule has 0 saturated carbocycles. The summed E-state index contributed by atoms with van der Waals surface area (Å²) < 4.78 is 1.89. The van der Waals surface area contributed by atoms with E-state index in [1.807, 2.05) is 4.68 Å². The van der Waals surface area contributed by atoms with Crippen LogP contribution in [-0.2, 0) is 6.54 Å². The molecule has 1 atom stereocenters. The third-order valence-corrected chi connectivity index (χ3v) is 3.72. The normalized spacial score (nSPS) is 19.6. The third kappa shape index (κ3) is 2.41. The number of fused-ring (bicyclic) bond motifs is 1. The lowest BCUT2D eigenvalue weighted by atomic mass is 10.1. The minimum Gasteiger partial charge on any atom is -0.476 e. The van der Waals surface area contributed by atoms with Gasteiger partial charge in [0.2, 0.25) is 0 Å². The third-order valence-electron chi connectivity index (χ3n) is 3.72. The van der Waals surface area contributed by atoms with Crippen LogP contribution in [0, 0.1) is 0 Å². The second-order valence-corrected chi connectivity index (χ2v) is 4.72. The molecule has 18 heavy (non-hydrogen) atoms. The Balaban J connectivity index is 2.36. The zero-order valence-corrected chi connectivity index (χ0v) is 11.1. The predicted octanol–water partition coefficient (Wildman–Crippen LogP) is 2.15. The van der Waals surface area contributed by atoms with Gasteiger partial charge in [-0.3, -0.25) is 9.58 Å². The summed E-state index contributed by atoms with van der Waals surface area (Å²) in [4.78, 5) is 13.4. The Labute approximate surface area is 107 Å². The van der Waals surface area contributed by atoms with Crippen molar-refractivity contribution in [2.75, 3.05) is 13.1 Å².